The lowest BCUT2D eigenvalue weighted by atomic mass is 10.1. The molecule has 0 aliphatic carbocycles. The number of likely N-dealkylation sites (tertiary alicyclic amines) is 2. The van der Waals surface area contributed by atoms with Gasteiger partial charge in [0.05, 0.1) is 48.7 Å². The number of nitrogens with one attached hydrogen (secondary N) is 2. The third-order valence-electron chi connectivity index (χ3n) is 9.66. The van der Waals surface area contributed by atoms with Gasteiger partial charge in [-0.2, -0.15) is 0 Å². The van der Waals surface area contributed by atoms with Gasteiger partial charge in [0.25, 0.3) is 0 Å². The molecule has 0 unspecified atom stereocenters. The van der Waals surface area contributed by atoms with Gasteiger partial charge in [0.1, 0.15) is 11.6 Å². The van der Waals surface area contributed by atoms with Crippen LogP contribution in [0.1, 0.15) is 60.5 Å². The standard InChI is InChI=1S/C39H37N9O2/c49-35(19-26-7-2-1-3-8-26)47-17-5-11-34(47)39-44-25-32(46-39)30-22-41-37(42-23-30)29-14-12-28(13-15-29)31-24-43-38(45-31)33-10-6-18-48(33)36(50)20-27-9-4-16-40-21-27/h1-4,7-9,12-16,21-25,33-34H,5-6,10-11,17-20H2,(H,43,45)(H,44,46)/t33-,34-/m0/s1. The molecule has 4 aromatic heterocycles. The molecule has 2 aromatic carbocycles. The Morgan fingerprint density at radius 1 is 0.600 bits per heavy atom. The predicted octanol–water partition coefficient (Wildman–Crippen LogP) is 6.13. The largest absolute Gasteiger partial charge is 0.340 e. The highest BCUT2D eigenvalue weighted by molar-refractivity contribution is 5.80. The molecule has 0 saturated carbocycles. The maximum absolute atomic E-state index is 13.1. The van der Waals surface area contributed by atoms with E-state index >= 15 is 0 Å². The van der Waals surface area contributed by atoms with E-state index in [0.717, 1.165) is 89.6 Å². The van der Waals surface area contributed by atoms with Crippen molar-refractivity contribution >= 4 is 11.8 Å². The van der Waals surface area contributed by atoms with E-state index in [1.165, 1.54) is 0 Å². The summed E-state index contributed by atoms with van der Waals surface area (Å²) in [6.07, 6.45) is 15.1. The van der Waals surface area contributed by atoms with Gasteiger partial charge in [-0.25, -0.2) is 19.9 Å². The van der Waals surface area contributed by atoms with Crippen molar-refractivity contribution < 1.29 is 9.59 Å². The minimum atomic E-state index is -0.0679. The zero-order valence-electron chi connectivity index (χ0n) is 27.6. The van der Waals surface area contributed by atoms with E-state index in [0.29, 0.717) is 18.7 Å². The number of rotatable bonds is 9. The molecule has 0 spiro atoms. The Hall–Kier alpha value is -5.97. The normalized spacial score (nSPS) is 17.4. The van der Waals surface area contributed by atoms with Crippen LogP contribution in [0, 0.1) is 0 Å². The Bertz CT molecular complexity index is 1920. The summed E-state index contributed by atoms with van der Waals surface area (Å²) in [4.78, 5) is 59.8. The molecule has 11 heteroatoms. The second kappa shape index (κ2) is 13.9. The number of aromatic nitrogens is 7. The quantitative estimate of drug-likeness (QED) is 0.190. The van der Waals surface area contributed by atoms with Crippen molar-refractivity contribution in [3.8, 4) is 33.9 Å². The van der Waals surface area contributed by atoms with Crippen molar-refractivity contribution in [3.63, 3.8) is 0 Å². The molecule has 2 N–H and O–H groups in total. The first-order valence-electron chi connectivity index (χ1n) is 17.1. The predicted molar refractivity (Wildman–Crippen MR) is 188 cm³/mol. The first kappa shape index (κ1) is 31.3. The topological polar surface area (TPSA) is 137 Å². The van der Waals surface area contributed by atoms with Gasteiger partial charge in [0.2, 0.25) is 11.8 Å². The van der Waals surface area contributed by atoms with E-state index in [4.69, 9.17) is 0 Å². The van der Waals surface area contributed by atoms with Gasteiger partial charge in [0, 0.05) is 49.0 Å². The molecule has 6 heterocycles. The van der Waals surface area contributed by atoms with Crippen molar-refractivity contribution in [2.75, 3.05) is 13.1 Å². The van der Waals surface area contributed by atoms with Crippen molar-refractivity contribution in [1.82, 2.24) is 44.7 Å². The van der Waals surface area contributed by atoms with E-state index in [-0.39, 0.29) is 23.9 Å². The molecule has 0 bridgehead atoms. The van der Waals surface area contributed by atoms with Crippen LogP contribution in [-0.2, 0) is 22.4 Å². The molecule has 8 rings (SSSR count). The Kier molecular flexibility index (Phi) is 8.68. The molecule has 250 valence electrons. The van der Waals surface area contributed by atoms with E-state index in [9.17, 15) is 9.59 Å². The first-order valence-corrected chi connectivity index (χ1v) is 17.1. The highest BCUT2D eigenvalue weighted by atomic mass is 16.2. The summed E-state index contributed by atoms with van der Waals surface area (Å²) in [5, 5.41) is 0. The maximum Gasteiger partial charge on any atom is 0.227 e. The van der Waals surface area contributed by atoms with Crippen LogP contribution in [0.5, 0.6) is 0 Å². The molecule has 0 radical (unpaired) electrons. The molecule has 2 saturated heterocycles. The Morgan fingerprint density at radius 3 is 1.76 bits per heavy atom. The van der Waals surface area contributed by atoms with Crippen LogP contribution < -0.4 is 0 Å². The van der Waals surface area contributed by atoms with Crippen LogP contribution in [0.2, 0.25) is 0 Å². The van der Waals surface area contributed by atoms with Crippen molar-refractivity contribution in [1.29, 1.82) is 0 Å². The molecule has 2 aliphatic heterocycles. The number of aromatic amines is 2. The Labute approximate surface area is 289 Å². The van der Waals surface area contributed by atoms with Crippen LogP contribution in [0.25, 0.3) is 33.9 Å². The van der Waals surface area contributed by atoms with Crippen LogP contribution in [-0.4, -0.2) is 69.6 Å². The molecule has 6 aromatic rings. The minimum Gasteiger partial charge on any atom is -0.340 e. The maximum atomic E-state index is 13.1. The number of nitrogens with zero attached hydrogens (tertiary/aromatic N) is 7. The van der Waals surface area contributed by atoms with Crippen molar-refractivity contribution in [2.45, 2.75) is 50.6 Å². The molecule has 11 nitrogen and oxygen atoms in total. The zero-order valence-corrected chi connectivity index (χ0v) is 27.6. The summed E-state index contributed by atoms with van der Waals surface area (Å²) in [7, 11) is 0. The molecule has 2 amide bonds. The molecular weight excluding hydrogens is 626 g/mol. The third kappa shape index (κ3) is 6.54. The SMILES string of the molecule is O=C(Cc1cccnc1)N1CCC[C@H]1c1ncc(-c2ccc(-c3ncc(-c4cnc([C@@H]5CCCN5C(=O)Cc5ccccc5)[nH]4)cn3)cc2)[nH]1. The van der Waals surface area contributed by atoms with Crippen LogP contribution >= 0.6 is 0 Å². The number of benzene rings is 2. The van der Waals surface area contributed by atoms with E-state index in [1.54, 1.807) is 31.0 Å². The van der Waals surface area contributed by atoms with Gasteiger partial charge in [0.15, 0.2) is 5.82 Å². The van der Waals surface area contributed by atoms with E-state index < -0.39 is 0 Å². The highest BCUT2D eigenvalue weighted by Gasteiger charge is 2.33. The second-order valence-electron chi connectivity index (χ2n) is 12.9. The lowest BCUT2D eigenvalue weighted by Crippen LogP contribution is -2.32. The lowest BCUT2D eigenvalue weighted by Gasteiger charge is -2.23. The fourth-order valence-electron chi connectivity index (χ4n) is 7.07. The molecule has 2 aliphatic rings. The molecule has 2 fully saturated rings. The Morgan fingerprint density at radius 2 is 1.16 bits per heavy atom. The second-order valence-corrected chi connectivity index (χ2v) is 12.9. The van der Waals surface area contributed by atoms with Crippen molar-refractivity contribution in [3.05, 3.63) is 127 Å². The zero-order chi connectivity index (χ0) is 33.9. The minimum absolute atomic E-state index is 0.0655. The summed E-state index contributed by atoms with van der Waals surface area (Å²) >= 11 is 0. The van der Waals surface area contributed by atoms with Gasteiger partial charge < -0.3 is 19.8 Å². The van der Waals surface area contributed by atoms with E-state index in [1.807, 2.05) is 82.7 Å². The monoisotopic (exact) mass is 663 g/mol. The highest BCUT2D eigenvalue weighted by Crippen LogP contribution is 2.34. The third-order valence-corrected chi connectivity index (χ3v) is 9.66. The summed E-state index contributed by atoms with van der Waals surface area (Å²) < 4.78 is 0. The van der Waals surface area contributed by atoms with Gasteiger partial charge in [-0.15, -0.1) is 0 Å². The molecule has 50 heavy (non-hydrogen) atoms. The molecule has 2 atom stereocenters. The van der Waals surface area contributed by atoms with Gasteiger partial charge >= 0.3 is 0 Å². The van der Waals surface area contributed by atoms with Gasteiger partial charge in [-0.05, 0) is 48.4 Å². The fourth-order valence-corrected chi connectivity index (χ4v) is 7.07. The summed E-state index contributed by atoms with van der Waals surface area (Å²) in [5.41, 5.74) is 6.36. The fraction of sp³-hybridized carbons (Fsp3) is 0.256. The van der Waals surface area contributed by atoms with E-state index in [2.05, 4.69) is 34.9 Å². The number of carbonyl (C=O) groups excluding carboxylic acids is 2. The average Bonchev–Trinajstić information content (AvgIpc) is 3.99. The number of pyridine rings is 1. The van der Waals surface area contributed by atoms with Crippen LogP contribution in [0.4, 0.5) is 0 Å². The van der Waals surface area contributed by atoms with Crippen molar-refractivity contribution in [2.24, 2.45) is 0 Å². The average molecular weight is 664 g/mol. The van der Waals surface area contributed by atoms with Gasteiger partial charge in [-0.3, -0.25) is 14.6 Å². The smallest absolute Gasteiger partial charge is 0.227 e. The lowest BCUT2D eigenvalue weighted by molar-refractivity contribution is -0.132. The first-order chi connectivity index (χ1) is 24.6. The van der Waals surface area contributed by atoms with Crippen LogP contribution in [0.3, 0.4) is 0 Å². The number of hydrogen-bond acceptors (Lipinski definition) is 7. The Balaban J connectivity index is 0.910. The summed E-state index contributed by atoms with van der Waals surface area (Å²) in [6.45, 7) is 1.46. The number of hydrogen-bond donors (Lipinski definition) is 2. The summed E-state index contributed by atoms with van der Waals surface area (Å²) in [6, 6.07) is 21.6. The number of imidazole rings is 2. The van der Waals surface area contributed by atoms with Gasteiger partial charge in [-0.1, -0.05) is 60.7 Å². The number of carbonyl (C=O) groups is 2. The van der Waals surface area contributed by atoms with Crippen LogP contribution in [0.15, 0.2) is 104 Å². The number of amides is 2. The summed E-state index contributed by atoms with van der Waals surface area (Å²) in [5.74, 6) is 2.42. The molecular formula is C39H37N9O2. The number of H-pyrrole nitrogens is 2.